The Morgan fingerprint density at radius 2 is 1.13 bits per heavy atom. The number of ether oxygens (including phenoxy) is 2. The Labute approximate surface area is 603 Å². The number of Topliss-reactive ketones (excluding diaryl/α,β-unsaturated/α-hetero) is 2. The van der Waals surface area contributed by atoms with Gasteiger partial charge in [0.2, 0.25) is 47.3 Å². The minimum atomic E-state index is -1.20. The Kier molecular flexibility index (Phi) is 37.2. The number of hydroxylamine groups is 2. The SMILES string of the molecule is CCC(=O)N(C)[C@H](C(=O)C[C@H](C(=O)N(C)[C@@H](CC(C)C)C(=O)C[C@@H](C)C(=O)N[C@H](C)C(=O)N(C)[C@@H](CC(C)C)C(=O)N(C)[C@@H](CC(C)C)C(=O)N(C)[C@H](C(=O)N1O[C@H]([C@H](C)CCCc2ccc(F)cc2)[C@H]1C(=O)N[C@@H](CC)C(=O)N(C)C)C(C)C)C(C)C)[C@@H](C)OCCCCN1CCOCC1. The fraction of sp³-hybridized carbons (Fsp3) is 0.776. The molecule has 9 amide bonds. The van der Waals surface area contributed by atoms with Gasteiger partial charge in [-0.3, -0.25) is 62.5 Å². The molecule has 0 bridgehead atoms. The second-order valence-electron chi connectivity index (χ2n) is 30.7. The zero-order valence-corrected chi connectivity index (χ0v) is 65.6. The van der Waals surface area contributed by atoms with Crippen LogP contribution in [0.25, 0.3) is 0 Å². The molecule has 1 aromatic rings. The zero-order valence-electron chi connectivity index (χ0n) is 65.6. The van der Waals surface area contributed by atoms with E-state index < -0.39 is 120 Å². The molecule has 0 aliphatic carbocycles. The summed E-state index contributed by atoms with van der Waals surface area (Å²) in [6.07, 6.45) is 2.60. The lowest BCUT2D eigenvalue weighted by Crippen LogP contribution is -2.71. The van der Waals surface area contributed by atoms with Crippen LogP contribution in [0.5, 0.6) is 0 Å². The van der Waals surface area contributed by atoms with E-state index in [1.54, 1.807) is 81.9 Å². The second kappa shape index (κ2) is 42.4. The third-order valence-corrected chi connectivity index (χ3v) is 19.9. The first kappa shape index (κ1) is 88.8. The minimum Gasteiger partial charge on any atom is -0.379 e. The quantitative estimate of drug-likeness (QED) is 0.0601. The van der Waals surface area contributed by atoms with Crippen LogP contribution in [0.2, 0.25) is 0 Å². The first-order valence-electron chi connectivity index (χ1n) is 37.1. The van der Waals surface area contributed by atoms with Crippen LogP contribution < -0.4 is 10.6 Å². The summed E-state index contributed by atoms with van der Waals surface area (Å²) in [6, 6.07) is -2.44. The van der Waals surface area contributed by atoms with Crippen LogP contribution in [0.1, 0.15) is 187 Å². The van der Waals surface area contributed by atoms with E-state index in [1.807, 2.05) is 62.3 Å². The van der Waals surface area contributed by atoms with Gasteiger partial charge in [-0.05, 0) is 131 Å². The number of amides is 9. The van der Waals surface area contributed by atoms with E-state index in [-0.39, 0.29) is 104 Å². The van der Waals surface area contributed by atoms with Crippen LogP contribution in [0, 0.1) is 53.2 Å². The van der Waals surface area contributed by atoms with E-state index in [2.05, 4.69) is 15.5 Å². The van der Waals surface area contributed by atoms with E-state index in [0.29, 0.717) is 39.1 Å². The van der Waals surface area contributed by atoms with Gasteiger partial charge in [0.15, 0.2) is 17.6 Å². The molecule has 101 heavy (non-hydrogen) atoms. The van der Waals surface area contributed by atoms with Crippen LogP contribution in [0.3, 0.4) is 0 Å². The molecule has 0 radical (unpaired) electrons. The first-order valence-corrected chi connectivity index (χ1v) is 37.1. The standard InChI is InChI=1S/C76H129FN10O14/c1-24-58(73(95)80(17)18)79-70(92)67-68(51(13)29-28-30-55-31-33-56(77)34-32-55)101-87(67)76(98)65(50(11)12)85(23)75(97)61(43-48(7)8)83(21)74(96)60(42-47(5)6)82(20)71(93)53(15)78-69(91)52(14)44-62(88)59(41-46(3)4)81(19)72(94)57(49(9)10)45-63(89)66(84(22)64(90)25-2)54(16)100-38-27-26-35-86-36-39-99-40-37-86/h31-34,46-54,57-61,65-68H,24-30,35-45H2,1-23H3,(H,78,91)(H,79,92)/t51-,52-,53-,54-,57+,58+,59+,60+,61+,65+,66+,67+,68-/m1/s1. The van der Waals surface area contributed by atoms with Crippen molar-refractivity contribution in [3.8, 4) is 0 Å². The fourth-order valence-electron chi connectivity index (χ4n) is 13.6. The van der Waals surface area contributed by atoms with Crippen LogP contribution in [-0.2, 0) is 73.5 Å². The highest BCUT2D eigenvalue weighted by Crippen LogP contribution is 2.35. The summed E-state index contributed by atoms with van der Waals surface area (Å²) in [5, 5.41) is 6.62. The number of carbonyl (C=O) groups excluding carboxylic acids is 11. The average molecular weight is 1430 g/mol. The van der Waals surface area contributed by atoms with Gasteiger partial charge < -0.3 is 49.5 Å². The fourth-order valence-corrected chi connectivity index (χ4v) is 13.6. The number of hydrogen-bond acceptors (Lipinski definition) is 15. The number of halogens is 1. The Morgan fingerprint density at radius 1 is 0.594 bits per heavy atom. The summed E-state index contributed by atoms with van der Waals surface area (Å²) < 4.78 is 25.4. The molecule has 13 atom stereocenters. The molecule has 2 aliphatic heterocycles. The number of hydrogen-bond donors (Lipinski definition) is 2. The molecule has 2 N–H and O–H groups in total. The second-order valence-corrected chi connectivity index (χ2v) is 30.7. The minimum absolute atomic E-state index is 0.0646. The van der Waals surface area contributed by atoms with Crippen LogP contribution in [0.15, 0.2) is 24.3 Å². The molecule has 3 rings (SSSR count). The lowest BCUT2D eigenvalue weighted by Gasteiger charge is -2.50. The summed E-state index contributed by atoms with van der Waals surface area (Å²) in [5.41, 5.74) is 0.936. The predicted octanol–water partition coefficient (Wildman–Crippen LogP) is 7.47. The third-order valence-electron chi connectivity index (χ3n) is 19.9. The van der Waals surface area contributed by atoms with Crippen LogP contribution >= 0.6 is 0 Å². The highest BCUT2D eigenvalue weighted by atomic mass is 19.1. The van der Waals surface area contributed by atoms with Gasteiger partial charge in [-0.1, -0.05) is 109 Å². The highest BCUT2D eigenvalue weighted by molar-refractivity contribution is 5.99. The van der Waals surface area contributed by atoms with Gasteiger partial charge >= 0.3 is 0 Å². The molecule has 0 unspecified atom stereocenters. The number of nitrogens with zero attached hydrogens (tertiary/aromatic N) is 8. The number of morpholine rings is 1. The van der Waals surface area contributed by atoms with E-state index in [4.69, 9.17) is 14.3 Å². The Morgan fingerprint density at radius 3 is 1.64 bits per heavy atom. The molecule has 0 spiro atoms. The van der Waals surface area contributed by atoms with Crippen molar-refractivity contribution in [3.05, 3.63) is 35.6 Å². The van der Waals surface area contributed by atoms with E-state index in [9.17, 15) is 42.7 Å². The van der Waals surface area contributed by atoms with Crippen molar-refractivity contribution in [2.75, 3.05) is 88.8 Å². The maximum Gasteiger partial charge on any atom is 0.270 e. The van der Waals surface area contributed by atoms with E-state index in [0.717, 1.165) is 43.1 Å². The van der Waals surface area contributed by atoms with E-state index >= 15 is 14.4 Å². The molecule has 1 aromatic carbocycles. The van der Waals surface area contributed by atoms with E-state index in [1.165, 1.54) is 69.6 Å². The van der Waals surface area contributed by atoms with Crippen molar-refractivity contribution >= 4 is 64.7 Å². The van der Waals surface area contributed by atoms with Crippen LogP contribution in [0.4, 0.5) is 4.39 Å². The highest BCUT2D eigenvalue weighted by Gasteiger charge is 2.54. The number of likely N-dealkylation sites (N-methyl/N-ethyl adjacent to an activating group) is 6. The molecule has 25 heteroatoms. The summed E-state index contributed by atoms with van der Waals surface area (Å²) in [7, 11) is 10.7. The molecule has 0 aromatic heterocycles. The summed E-state index contributed by atoms with van der Waals surface area (Å²) in [5.74, 6) is -9.05. The molecule has 2 aliphatic rings. The van der Waals surface area contributed by atoms with Gasteiger partial charge in [-0.15, -0.1) is 0 Å². The van der Waals surface area contributed by atoms with Crippen molar-refractivity contribution in [2.24, 2.45) is 47.3 Å². The zero-order chi connectivity index (χ0) is 76.6. The number of nitrogens with one attached hydrogen (secondary N) is 2. The van der Waals surface area contributed by atoms with Crippen molar-refractivity contribution in [1.29, 1.82) is 0 Å². The molecular weight excluding hydrogens is 1300 g/mol. The van der Waals surface area contributed by atoms with Crippen molar-refractivity contribution in [3.63, 3.8) is 0 Å². The van der Waals surface area contributed by atoms with Gasteiger partial charge in [-0.25, -0.2) is 9.45 Å². The first-order chi connectivity index (χ1) is 47.2. The van der Waals surface area contributed by atoms with Crippen LogP contribution in [-0.4, -0.2) is 253 Å². The maximum absolute atomic E-state index is 15.2. The van der Waals surface area contributed by atoms with Gasteiger partial charge in [-0.2, -0.15) is 0 Å². The Bertz CT molecular complexity index is 2870. The summed E-state index contributed by atoms with van der Waals surface area (Å²) >= 11 is 0. The average Bonchev–Trinajstić information content (AvgIpc) is 0.754. The largest absolute Gasteiger partial charge is 0.379 e. The number of rotatable bonds is 43. The molecule has 24 nitrogen and oxygen atoms in total. The third kappa shape index (κ3) is 26.0. The normalized spacial score (nSPS) is 18.2. The summed E-state index contributed by atoms with van der Waals surface area (Å²) in [6.45, 7) is 33.3. The topological polar surface area (TPSA) is 265 Å². The van der Waals surface area contributed by atoms with Gasteiger partial charge in [0.1, 0.15) is 48.2 Å². The summed E-state index contributed by atoms with van der Waals surface area (Å²) in [4.78, 5) is 175. The number of unbranched alkanes of at least 4 members (excludes halogenated alkanes) is 1. The van der Waals surface area contributed by atoms with Gasteiger partial charge in [0, 0.05) is 100 Å². The molecule has 2 fully saturated rings. The van der Waals surface area contributed by atoms with Crippen molar-refractivity contribution in [1.82, 2.24) is 50.0 Å². The molecular formula is C76H129FN10O14. The smallest absolute Gasteiger partial charge is 0.270 e. The molecule has 2 saturated heterocycles. The van der Waals surface area contributed by atoms with Gasteiger partial charge in [0.25, 0.3) is 5.91 Å². The number of aryl methyl sites for hydroxylation is 1. The number of carbonyl (C=O) groups is 11. The molecule has 574 valence electrons. The lowest BCUT2D eigenvalue weighted by atomic mass is 9.85. The molecule has 0 saturated carbocycles. The van der Waals surface area contributed by atoms with Crippen molar-refractivity contribution < 1.29 is 71.4 Å². The van der Waals surface area contributed by atoms with Gasteiger partial charge in [0.05, 0.1) is 25.4 Å². The molecule has 2 heterocycles. The number of ketones is 2. The maximum atomic E-state index is 15.2. The Balaban J connectivity index is 1.83. The monoisotopic (exact) mass is 1420 g/mol. The lowest BCUT2D eigenvalue weighted by molar-refractivity contribution is -0.322. The Hall–Kier alpha value is -6.44. The predicted molar refractivity (Wildman–Crippen MR) is 387 cm³/mol. The van der Waals surface area contributed by atoms with Crippen molar-refractivity contribution in [2.45, 2.75) is 248 Å². The number of benzene rings is 1.